The van der Waals surface area contributed by atoms with Gasteiger partial charge < -0.3 is 4.74 Å². The summed E-state index contributed by atoms with van der Waals surface area (Å²) in [7, 11) is 0. The van der Waals surface area contributed by atoms with Gasteiger partial charge in [0.1, 0.15) is 0 Å². The first-order valence-corrected chi connectivity index (χ1v) is 13.0. The summed E-state index contributed by atoms with van der Waals surface area (Å²) in [6, 6.07) is 23.9. The van der Waals surface area contributed by atoms with Crippen molar-refractivity contribution in [3.8, 4) is 0 Å². The van der Waals surface area contributed by atoms with Gasteiger partial charge in [0.15, 0.2) is 0 Å². The predicted molar refractivity (Wildman–Crippen MR) is 150 cm³/mol. The molecule has 0 aliphatic carbocycles. The molecule has 1 atom stereocenters. The van der Waals surface area contributed by atoms with Crippen LogP contribution >= 0.6 is 11.8 Å². The van der Waals surface area contributed by atoms with E-state index in [9.17, 15) is 14.9 Å². The minimum absolute atomic E-state index is 0.0892. The van der Waals surface area contributed by atoms with E-state index >= 15 is 0 Å². The number of anilines is 2. The maximum atomic E-state index is 12.8. The van der Waals surface area contributed by atoms with Gasteiger partial charge in [0.05, 0.1) is 28.6 Å². The van der Waals surface area contributed by atoms with Crippen LogP contribution in [0.4, 0.5) is 17.1 Å². The molecule has 0 N–H and O–H groups in total. The normalized spacial score (nSPS) is 18.4. The number of esters is 1. The zero-order chi connectivity index (χ0) is 26.7. The summed E-state index contributed by atoms with van der Waals surface area (Å²) < 4.78 is 5.26. The molecule has 0 amide bonds. The fraction of sp³-hybridized carbons (Fsp3) is 0.179. The smallest absolute Gasteiger partial charge is 0.365 e. The Morgan fingerprint density at radius 3 is 2.37 bits per heavy atom. The van der Waals surface area contributed by atoms with Crippen molar-refractivity contribution in [2.75, 3.05) is 16.6 Å². The van der Waals surface area contributed by atoms with Gasteiger partial charge in [-0.05, 0) is 61.0 Å². The molecule has 0 saturated carbocycles. The van der Waals surface area contributed by atoms with Crippen molar-refractivity contribution in [2.24, 2.45) is 10.2 Å². The summed E-state index contributed by atoms with van der Waals surface area (Å²) in [6.07, 6.45) is 4.74. The molecule has 9 nitrogen and oxygen atoms in total. The lowest BCUT2D eigenvalue weighted by Gasteiger charge is -2.43. The Balaban J connectivity index is 1.66. The second-order valence-corrected chi connectivity index (χ2v) is 9.68. The van der Waals surface area contributed by atoms with Crippen molar-refractivity contribution in [2.45, 2.75) is 25.3 Å². The van der Waals surface area contributed by atoms with Crippen LogP contribution in [0.2, 0.25) is 0 Å². The molecule has 192 valence electrons. The number of hydrogen-bond acceptors (Lipinski definition) is 9. The molecule has 0 radical (unpaired) electrons. The van der Waals surface area contributed by atoms with Crippen molar-refractivity contribution in [1.82, 2.24) is 0 Å². The van der Waals surface area contributed by atoms with Crippen molar-refractivity contribution in [3.63, 3.8) is 0 Å². The molecule has 0 fully saturated rings. The highest BCUT2D eigenvalue weighted by atomic mass is 32.2. The number of carbonyl (C=O) groups excluding carboxylic acids is 1. The number of allylic oxidation sites excluding steroid dienone is 1. The molecule has 0 aromatic heterocycles. The van der Waals surface area contributed by atoms with E-state index < -0.39 is 15.9 Å². The van der Waals surface area contributed by atoms with Crippen LogP contribution in [0.5, 0.6) is 0 Å². The SMILES string of the molecule is CCOC(=O)C1=NN(c2cccc([N+](=O)[O-])c2)[C@@]2(C=CC(c3ccc(CC)cc3)=NN2c2ccccc2)S1. The average Bonchev–Trinajstić information content (AvgIpc) is 3.34. The van der Waals surface area contributed by atoms with Crippen LogP contribution in [0, 0.1) is 10.1 Å². The molecule has 2 aliphatic heterocycles. The van der Waals surface area contributed by atoms with E-state index in [-0.39, 0.29) is 17.3 Å². The molecule has 1 spiro atoms. The highest BCUT2D eigenvalue weighted by Gasteiger charge is 2.52. The molecule has 38 heavy (non-hydrogen) atoms. The number of aryl methyl sites for hydroxylation is 1. The minimum atomic E-state index is -1.16. The number of nitro groups is 1. The summed E-state index contributed by atoms with van der Waals surface area (Å²) in [5, 5.41) is 24.7. The Morgan fingerprint density at radius 1 is 0.974 bits per heavy atom. The molecule has 3 aromatic carbocycles. The van der Waals surface area contributed by atoms with Gasteiger partial charge >= 0.3 is 5.97 Å². The van der Waals surface area contributed by atoms with Gasteiger partial charge in [0.2, 0.25) is 10.0 Å². The predicted octanol–water partition coefficient (Wildman–Crippen LogP) is 5.72. The number of benzene rings is 3. The summed E-state index contributed by atoms with van der Waals surface area (Å²) in [5.41, 5.74) is 3.98. The molecule has 0 bridgehead atoms. The molecule has 5 rings (SSSR count). The van der Waals surface area contributed by atoms with E-state index in [4.69, 9.17) is 9.84 Å². The third-order valence-corrected chi connectivity index (χ3v) is 7.33. The van der Waals surface area contributed by atoms with Gasteiger partial charge in [-0.25, -0.2) is 14.8 Å². The number of nitrogens with zero attached hydrogens (tertiary/aromatic N) is 5. The standard InChI is InChI=1S/C28H25N5O4S/c1-3-20-13-15-21(16-14-20)25-17-18-28(31(29-25)22-9-6-5-7-10-22)32(30-26(38-28)27(34)37-4-2)23-11-8-12-24(19-23)33(35)36/h5-19H,3-4H2,1-2H3/t28-/m0/s1. The molecule has 0 unspecified atom stereocenters. The molecular formula is C28H25N5O4S. The first-order chi connectivity index (χ1) is 18.4. The Morgan fingerprint density at radius 2 is 1.68 bits per heavy atom. The Bertz CT molecular complexity index is 1460. The van der Waals surface area contributed by atoms with Gasteiger partial charge in [-0.2, -0.15) is 10.2 Å². The van der Waals surface area contributed by atoms with Crippen molar-refractivity contribution in [1.29, 1.82) is 0 Å². The van der Waals surface area contributed by atoms with Gasteiger partial charge in [-0.3, -0.25) is 10.1 Å². The summed E-state index contributed by atoms with van der Waals surface area (Å²) in [4.78, 5) is 22.8. The maximum Gasteiger partial charge on any atom is 0.365 e. The van der Waals surface area contributed by atoms with Crippen LogP contribution in [-0.4, -0.2) is 33.2 Å². The van der Waals surface area contributed by atoms with Crippen LogP contribution in [0.25, 0.3) is 0 Å². The van der Waals surface area contributed by atoms with Crippen LogP contribution in [0.15, 0.2) is 101 Å². The van der Waals surface area contributed by atoms with E-state index in [0.29, 0.717) is 5.69 Å². The topological polar surface area (TPSA) is 101 Å². The fourth-order valence-corrected chi connectivity index (χ4v) is 5.36. The number of hydrogen-bond donors (Lipinski definition) is 0. The quantitative estimate of drug-likeness (QED) is 0.220. The first kappa shape index (κ1) is 25.2. The number of thioether (sulfide) groups is 1. The molecule has 0 saturated heterocycles. The van der Waals surface area contributed by atoms with Crippen LogP contribution in [-0.2, 0) is 16.0 Å². The monoisotopic (exact) mass is 527 g/mol. The average molecular weight is 528 g/mol. The van der Waals surface area contributed by atoms with Crippen molar-refractivity contribution in [3.05, 3.63) is 112 Å². The highest BCUT2D eigenvalue weighted by Crippen LogP contribution is 2.48. The Labute approximate surface area is 224 Å². The molecule has 2 aliphatic rings. The fourth-order valence-electron chi connectivity index (χ4n) is 4.21. The molecule has 10 heteroatoms. The number of para-hydroxylation sites is 1. The van der Waals surface area contributed by atoms with E-state index in [0.717, 1.165) is 23.4 Å². The van der Waals surface area contributed by atoms with Gasteiger partial charge in [-0.15, -0.1) is 0 Å². The number of non-ortho nitro benzene ring substituents is 1. The Kier molecular flexibility index (Phi) is 6.97. The van der Waals surface area contributed by atoms with Crippen molar-refractivity contribution >= 4 is 45.5 Å². The first-order valence-electron chi connectivity index (χ1n) is 12.2. The van der Waals surface area contributed by atoms with Gasteiger partial charge in [-0.1, -0.05) is 55.5 Å². The molecule has 3 aromatic rings. The van der Waals surface area contributed by atoms with E-state index in [1.807, 2.05) is 54.6 Å². The van der Waals surface area contributed by atoms with Gasteiger partial charge in [0, 0.05) is 17.7 Å². The third-order valence-electron chi connectivity index (χ3n) is 6.10. The summed E-state index contributed by atoms with van der Waals surface area (Å²) >= 11 is 1.17. The van der Waals surface area contributed by atoms with Crippen LogP contribution in [0.1, 0.15) is 25.0 Å². The van der Waals surface area contributed by atoms with E-state index in [1.54, 1.807) is 29.1 Å². The van der Waals surface area contributed by atoms with Crippen LogP contribution in [0.3, 0.4) is 0 Å². The number of ether oxygens (including phenoxy) is 1. The lowest BCUT2D eigenvalue weighted by molar-refractivity contribution is -0.384. The largest absolute Gasteiger partial charge is 0.461 e. The number of carbonyl (C=O) groups is 1. The number of nitro benzene ring substituents is 1. The lowest BCUT2D eigenvalue weighted by Crippen LogP contribution is -2.53. The number of hydrazone groups is 2. The molecular weight excluding hydrogens is 502 g/mol. The third kappa shape index (κ3) is 4.66. The van der Waals surface area contributed by atoms with Crippen LogP contribution < -0.4 is 10.0 Å². The highest BCUT2D eigenvalue weighted by molar-refractivity contribution is 8.17. The second-order valence-electron chi connectivity index (χ2n) is 8.49. The van der Waals surface area contributed by atoms with Crippen molar-refractivity contribution < 1.29 is 14.5 Å². The van der Waals surface area contributed by atoms with E-state index in [2.05, 4.69) is 24.2 Å². The maximum absolute atomic E-state index is 12.8. The van der Waals surface area contributed by atoms with Gasteiger partial charge in [0.25, 0.3) is 5.69 Å². The Hall–Kier alpha value is -4.44. The number of rotatable bonds is 7. The van der Waals surface area contributed by atoms with E-state index in [1.165, 1.54) is 29.5 Å². The zero-order valence-electron chi connectivity index (χ0n) is 20.9. The summed E-state index contributed by atoms with van der Waals surface area (Å²) in [6.45, 7) is 4.02. The zero-order valence-corrected chi connectivity index (χ0v) is 21.7. The minimum Gasteiger partial charge on any atom is -0.461 e. The second kappa shape index (κ2) is 10.5. The summed E-state index contributed by atoms with van der Waals surface area (Å²) in [5.74, 6) is -0.573. The molecule has 2 heterocycles. The lowest BCUT2D eigenvalue weighted by atomic mass is 10.0.